The van der Waals surface area contributed by atoms with E-state index < -0.39 is 16.6 Å². The van der Waals surface area contributed by atoms with Gasteiger partial charge in [-0.1, -0.05) is 28.1 Å². The van der Waals surface area contributed by atoms with Crippen LogP contribution in [0.15, 0.2) is 46.9 Å². The summed E-state index contributed by atoms with van der Waals surface area (Å²) in [6.45, 7) is 0.461. The zero-order valence-corrected chi connectivity index (χ0v) is 13.5. The molecule has 0 atom stereocenters. The van der Waals surface area contributed by atoms with Gasteiger partial charge >= 0.3 is 0 Å². The number of hydrogen-bond acceptors (Lipinski definition) is 4. The van der Waals surface area contributed by atoms with Crippen molar-refractivity contribution in [3.8, 4) is 0 Å². The third kappa shape index (κ3) is 4.49. The predicted molar refractivity (Wildman–Crippen MR) is 88.0 cm³/mol. The van der Waals surface area contributed by atoms with Crippen LogP contribution < -0.4 is 10.6 Å². The average Bonchev–Trinajstić information content (AvgIpc) is 2.52. The van der Waals surface area contributed by atoms with Gasteiger partial charge in [0, 0.05) is 23.6 Å². The Labute approximate surface area is 140 Å². The molecule has 1 amide bonds. The van der Waals surface area contributed by atoms with Crippen molar-refractivity contribution < 1.29 is 14.1 Å². The lowest BCUT2D eigenvalue weighted by molar-refractivity contribution is -0.384. The summed E-state index contributed by atoms with van der Waals surface area (Å²) in [5.74, 6) is -1.13. The van der Waals surface area contributed by atoms with Gasteiger partial charge < -0.3 is 10.6 Å². The van der Waals surface area contributed by atoms with Gasteiger partial charge in [0.05, 0.1) is 10.5 Å². The summed E-state index contributed by atoms with van der Waals surface area (Å²) < 4.78 is 14.0. The van der Waals surface area contributed by atoms with E-state index in [0.717, 1.165) is 0 Å². The summed E-state index contributed by atoms with van der Waals surface area (Å²) in [5, 5.41) is 16.4. The maximum absolute atomic E-state index is 13.4. The van der Waals surface area contributed by atoms with Gasteiger partial charge in [-0.2, -0.15) is 0 Å². The highest BCUT2D eigenvalue weighted by molar-refractivity contribution is 9.10. The first kappa shape index (κ1) is 16.9. The van der Waals surface area contributed by atoms with Crippen molar-refractivity contribution in [2.24, 2.45) is 0 Å². The molecule has 2 N–H and O–H groups in total. The van der Waals surface area contributed by atoms with Crippen molar-refractivity contribution in [1.29, 1.82) is 0 Å². The Morgan fingerprint density at radius 2 is 1.96 bits per heavy atom. The lowest BCUT2D eigenvalue weighted by Gasteiger charge is -2.09. The van der Waals surface area contributed by atoms with E-state index in [-0.39, 0.29) is 24.3 Å². The molecule has 23 heavy (non-hydrogen) atoms. The molecular weight excluding hydrogens is 369 g/mol. The van der Waals surface area contributed by atoms with Crippen LogP contribution in [0.25, 0.3) is 0 Å². The molecule has 0 saturated carbocycles. The Hall–Kier alpha value is -2.48. The monoisotopic (exact) mass is 381 g/mol. The number of rotatable bonds is 6. The number of carbonyl (C=O) groups is 1. The van der Waals surface area contributed by atoms with Gasteiger partial charge in [0.15, 0.2) is 0 Å². The Balaban J connectivity index is 1.90. The highest BCUT2D eigenvalue weighted by atomic mass is 79.9. The van der Waals surface area contributed by atoms with Crippen LogP contribution in [0.3, 0.4) is 0 Å². The van der Waals surface area contributed by atoms with Crippen LogP contribution in [-0.2, 0) is 0 Å². The van der Waals surface area contributed by atoms with E-state index in [9.17, 15) is 19.3 Å². The molecule has 0 spiro atoms. The maximum Gasteiger partial charge on any atom is 0.293 e. The van der Waals surface area contributed by atoms with Crippen molar-refractivity contribution in [2.75, 3.05) is 18.4 Å². The van der Waals surface area contributed by atoms with Crippen molar-refractivity contribution in [1.82, 2.24) is 5.32 Å². The average molecular weight is 382 g/mol. The van der Waals surface area contributed by atoms with E-state index in [1.165, 1.54) is 24.3 Å². The number of hydrogen-bond donors (Lipinski definition) is 2. The van der Waals surface area contributed by atoms with Crippen LogP contribution >= 0.6 is 15.9 Å². The quantitative estimate of drug-likeness (QED) is 0.456. The van der Waals surface area contributed by atoms with Gasteiger partial charge in [-0.15, -0.1) is 0 Å². The smallest absolute Gasteiger partial charge is 0.293 e. The molecule has 0 unspecified atom stereocenters. The minimum absolute atomic E-state index is 0.0397. The van der Waals surface area contributed by atoms with Crippen LogP contribution in [0.5, 0.6) is 0 Å². The molecule has 6 nitrogen and oxygen atoms in total. The largest absolute Gasteiger partial charge is 0.378 e. The lowest BCUT2D eigenvalue weighted by atomic mass is 10.2. The molecule has 8 heteroatoms. The Kier molecular flexibility index (Phi) is 5.64. The summed E-state index contributed by atoms with van der Waals surface area (Å²) >= 11 is 3.17. The van der Waals surface area contributed by atoms with Crippen LogP contribution in [0.4, 0.5) is 15.8 Å². The van der Waals surface area contributed by atoms with Crippen LogP contribution in [0.1, 0.15) is 10.4 Å². The molecule has 0 fully saturated rings. The van der Waals surface area contributed by atoms with Gasteiger partial charge in [-0.25, -0.2) is 4.39 Å². The van der Waals surface area contributed by atoms with Crippen molar-refractivity contribution in [3.05, 3.63) is 68.4 Å². The molecule has 2 aromatic carbocycles. The van der Waals surface area contributed by atoms with Crippen LogP contribution in [0.2, 0.25) is 0 Å². The molecule has 2 aromatic rings. The fraction of sp³-hybridized carbons (Fsp3) is 0.133. The summed E-state index contributed by atoms with van der Waals surface area (Å²) in [6, 6.07) is 10.3. The van der Waals surface area contributed by atoms with E-state index >= 15 is 0 Å². The number of nitro groups is 1. The topological polar surface area (TPSA) is 84.3 Å². The summed E-state index contributed by atoms with van der Waals surface area (Å²) in [6.07, 6.45) is 0. The maximum atomic E-state index is 13.4. The molecule has 0 aliphatic rings. The first-order valence-electron chi connectivity index (χ1n) is 6.69. The third-order valence-corrected chi connectivity index (χ3v) is 3.49. The Morgan fingerprint density at radius 3 is 2.65 bits per heavy atom. The summed E-state index contributed by atoms with van der Waals surface area (Å²) in [5.41, 5.74) is 0.236. The summed E-state index contributed by atoms with van der Waals surface area (Å²) in [7, 11) is 0. The van der Waals surface area contributed by atoms with Crippen molar-refractivity contribution in [2.45, 2.75) is 0 Å². The van der Waals surface area contributed by atoms with Gasteiger partial charge in [-0.05, 0) is 24.3 Å². The normalized spacial score (nSPS) is 10.2. The predicted octanol–water partition coefficient (Wildman–Crippen LogP) is 3.34. The number of halogens is 2. The zero-order chi connectivity index (χ0) is 16.8. The molecule has 0 heterocycles. The molecule has 120 valence electrons. The molecule has 0 bridgehead atoms. The summed E-state index contributed by atoms with van der Waals surface area (Å²) in [4.78, 5) is 22.3. The second-order valence-corrected chi connectivity index (χ2v) is 5.50. The highest BCUT2D eigenvalue weighted by Gasteiger charge is 2.14. The van der Waals surface area contributed by atoms with E-state index in [1.54, 1.807) is 18.2 Å². The molecule has 0 radical (unpaired) electrons. The minimum Gasteiger partial charge on any atom is -0.378 e. The second kappa shape index (κ2) is 7.68. The second-order valence-electron chi connectivity index (χ2n) is 4.58. The van der Waals surface area contributed by atoms with E-state index in [0.29, 0.717) is 10.2 Å². The first-order chi connectivity index (χ1) is 11.0. The minimum atomic E-state index is -0.596. The zero-order valence-electron chi connectivity index (χ0n) is 11.9. The SMILES string of the molecule is O=C(NCCNc1ccc(Br)cc1[N+](=O)[O-])c1ccccc1F. The number of carbonyl (C=O) groups excluding carboxylic acids is 1. The number of nitro benzene ring substituents is 1. The lowest BCUT2D eigenvalue weighted by Crippen LogP contribution is -2.29. The fourth-order valence-electron chi connectivity index (χ4n) is 1.92. The third-order valence-electron chi connectivity index (χ3n) is 3.00. The van der Waals surface area contributed by atoms with Gasteiger partial charge in [0.2, 0.25) is 0 Å². The number of nitrogens with zero attached hydrogens (tertiary/aromatic N) is 1. The number of anilines is 1. The number of benzene rings is 2. The standard InChI is InChI=1S/C15H13BrFN3O3/c16-10-5-6-13(14(9-10)20(22)23)18-7-8-19-15(21)11-3-1-2-4-12(11)17/h1-6,9,18H,7-8H2,(H,19,21). The molecular formula is C15H13BrFN3O3. The molecule has 0 aromatic heterocycles. The molecule has 0 saturated heterocycles. The van der Waals surface area contributed by atoms with Crippen LogP contribution in [0, 0.1) is 15.9 Å². The van der Waals surface area contributed by atoms with Gasteiger partial charge in [0.1, 0.15) is 11.5 Å². The Morgan fingerprint density at radius 1 is 1.22 bits per heavy atom. The van der Waals surface area contributed by atoms with Gasteiger partial charge in [0.25, 0.3) is 11.6 Å². The molecule has 2 rings (SSSR count). The van der Waals surface area contributed by atoms with Crippen molar-refractivity contribution >= 4 is 33.2 Å². The number of nitrogens with one attached hydrogen (secondary N) is 2. The first-order valence-corrected chi connectivity index (χ1v) is 7.49. The molecule has 0 aliphatic carbocycles. The van der Waals surface area contributed by atoms with E-state index in [4.69, 9.17) is 0 Å². The molecule has 0 aliphatic heterocycles. The Bertz CT molecular complexity index is 740. The number of amides is 1. The van der Waals surface area contributed by atoms with Crippen LogP contribution in [-0.4, -0.2) is 23.9 Å². The van der Waals surface area contributed by atoms with E-state index in [1.807, 2.05) is 0 Å². The fourth-order valence-corrected chi connectivity index (χ4v) is 2.27. The highest BCUT2D eigenvalue weighted by Crippen LogP contribution is 2.27. The van der Waals surface area contributed by atoms with Gasteiger partial charge in [-0.3, -0.25) is 14.9 Å². The van der Waals surface area contributed by atoms with E-state index in [2.05, 4.69) is 26.6 Å². The van der Waals surface area contributed by atoms with Crippen molar-refractivity contribution in [3.63, 3.8) is 0 Å².